The van der Waals surface area contributed by atoms with E-state index in [1.54, 1.807) is 6.08 Å². The molecule has 0 spiro atoms. The van der Waals surface area contributed by atoms with Crippen LogP contribution in [0.5, 0.6) is 0 Å². The highest BCUT2D eigenvalue weighted by Crippen LogP contribution is 2.33. The highest BCUT2D eigenvalue weighted by molar-refractivity contribution is 5.76. The summed E-state index contributed by atoms with van der Waals surface area (Å²) in [4.78, 5) is 13.5. The van der Waals surface area contributed by atoms with Crippen LogP contribution in [0.1, 0.15) is 245 Å². The van der Waals surface area contributed by atoms with Gasteiger partial charge in [-0.15, -0.1) is 0 Å². The first kappa shape index (κ1) is 92.9. The topological polar surface area (TPSA) is 307 Å². The molecule has 3 fully saturated rings. The molecule has 0 radical (unpaired) electrons. The number of nitrogens with one attached hydrogen (secondary N) is 1. The summed E-state index contributed by atoms with van der Waals surface area (Å²) in [6.07, 6.45) is 63.9. The van der Waals surface area contributed by atoms with E-state index >= 15 is 0 Å². The van der Waals surface area contributed by atoms with Crippen LogP contribution in [0.15, 0.2) is 146 Å². The average molecular weight is 1450 g/mol. The molecule has 0 aromatic heterocycles. The van der Waals surface area contributed by atoms with E-state index in [1.807, 2.05) is 6.08 Å². The lowest BCUT2D eigenvalue weighted by Crippen LogP contribution is -2.66. The van der Waals surface area contributed by atoms with Crippen LogP contribution >= 0.6 is 0 Å². The second-order valence-corrected chi connectivity index (χ2v) is 27.4. The molecule has 3 rings (SSSR count). The molecule has 3 aliphatic rings. The van der Waals surface area contributed by atoms with Crippen molar-refractivity contribution in [1.29, 1.82) is 0 Å². The van der Waals surface area contributed by atoms with Crippen molar-refractivity contribution in [1.82, 2.24) is 5.32 Å². The predicted molar refractivity (Wildman–Crippen MR) is 410 cm³/mol. The first-order valence-corrected chi connectivity index (χ1v) is 39.6. The van der Waals surface area contributed by atoms with E-state index in [4.69, 9.17) is 28.4 Å². The molecular weight excluding hydrogens is 1310 g/mol. The summed E-state index contributed by atoms with van der Waals surface area (Å²) in [6.45, 7) is 1.58. The number of hydrogen-bond donors (Lipinski definition) is 12. The van der Waals surface area contributed by atoms with E-state index in [1.165, 1.54) is 103 Å². The van der Waals surface area contributed by atoms with Gasteiger partial charge in [0.15, 0.2) is 18.9 Å². The van der Waals surface area contributed by atoms with Gasteiger partial charge in [0.2, 0.25) is 5.91 Å². The third-order valence-corrected chi connectivity index (χ3v) is 18.6. The fourth-order valence-electron chi connectivity index (χ4n) is 12.3. The fraction of sp³-hybridized carbons (Fsp3) is 0.702. The summed E-state index contributed by atoms with van der Waals surface area (Å²) >= 11 is 0. The van der Waals surface area contributed by atoms with E-state index < -0.39 is 124 Å². The van der Waals surface area contributed by atoms with Gasteiger partial charge in [-0.1, -0.05) is 275 Å². The normalized spacial score (nSPS) is 26.9. The Morgan fingerprint density at radius 2 is 0.680 bits per heavy atom. The molecule has 0 bridgehead atoms. The summed E-state index contributed by atoms with van der Waals surface area (Å²) in [5.41, 5.74) is 0. The number of carbonyl (C=O) groups excluding carboxylic acids is 1. The predicted octanol–water partition coefficient (Wildman–Crippen LogP) is 13.1. The number of ether oxygens (including phenoxy) is 6. The van der Waals surface area contributed by atoms with Gasteiger partial charge in [0.05, 0.1) is 38.6 Å². The largest absolute Gasteiger partial charge is 0.394 e. The Labute approximate surface area is 619 Å². The van der Waals surface area contributed by atoms with Crippen LogP contribution in [0.3, 0.4) is 0 Å². The molecule has 17 atom stereocenters. The lowest BCUT2D eigenvalue weighted by atomic mass is 9.96. The molecule has 19 nitrogen and oxygen atoms in total. The second-order valence-electron chi connectivity index (χ2n) is 27.4. The van der Waals surface area contributed by atoms with Crippen molar-refractivity contribution >= 4 is 5.91 Å². The van der Waals surface area contributed by atoms with E-state index in [0.717, 1.165) is 109 Å². The van der Waals surface area contributed by atoms with Crippen LogP contribution in [0, 0.1) is 0 Å². The molecule has 0 saturated carbocycles. The monoisotopic (exact) mass is 1450 g/mol. The number of aliphatic hydroxyl groups is 11. The van der Waals surface area contributed by atoms with Crippen molar-refractivity contribution in [3.63, 3.8) is 0 Å². The van der Waals surface area contributed by atoms with Crippen LogP contribution in [0.4, 0.5) is 0 Å². The maximum absolute atomic E-state index is 13.5. The Morgan fingerprint density at radius 1 is 0.359 bits per heavy atom. The third kappa shape index (κ3) is 42.7. The van der Waals surface area contributed by atoms with Crippen LogP contribution in [-0.4, -0.2) is 193 Å². The maximum Gasteiger partial charge on any atom is 0.220 e. The van der Waals surface area contributed by atoms with E-state index in [2.05, 4.69) is 153 Å². The van der Waals surface area contributed by atoms with Crippen LogP contribution in [0.25, 0.3) is 0 Å². The van der Waals surface area contributed by atoms with Crippen molar-refractivity contribution in [2.75, 3.05) is 26.4 Å². The van der Waals surface area contributed by atoms with Gasteiger partial charge in [-0.3, -0.25) is 4.79 Å². The van der Waals surface area contributed by atoms with Crippen molar-refractivity contribution in [3.8, 4) is 0 Å². The molecule has 103 heavy (non-hydrogen) atoms. The summed E-state index contributed by atoms with van der Waals surface area (Å²) in [7, 11) is 0. The Hall–Kier alpha value is -4.33. The van der Waals surface area contributed by atoms with Gasteiger partial charge >= 0.3 is 0 Å². The van der Waals surface area contributed by atoms with Crippen molar-refractivity contribution < 1.29 is 89.4 Å². The minimum Gasteiger partial charge on any atom is -0.394 e. The number of allylic oxidation sites excluding steroid dienone is 23. The van der Waals surface area contributed by atoms with Crippen molar-refractivity contribution in [2.24, 2.45) is 0 Å². The fourth-order valence-corrected chi connectivity index (χ4v) is 12.3. The van der Waals surface area contributed by atoms with Crippen molar-refractivity contribution in [3.05, 3.63) is 146 Å². The summed E-state index contributed by atoms with van der Waals surface area (Å²) in [5.74, 6) is -0.315. The Balaban J connectivity index is 1.41. The zero-order chi connectivity index (χ0) is 74.6. The molecular formula is C84H139NO18. The van der Waals surface area contributed by atoms with Gasteiger partial charge in [0.25, 0.3) is 0 Å². The van der Waals surface area contributed by atoms with Gasteiger partial charge in [0.1, 0.15) is 73.2 Å². The van der Waals surface area contributed by atoms with Crippen molar-refractivity contribution in [2.45, 2.75) is 349 Å². The number of amides is 1. The van der Waals surface area contributed by atoms with E-state index in [-0.39, 0.29) is 18.9 Å². The summed E-state index contributed by atoms with van der Waals surface area (Å²) in [5, 5.41) is 121. The average Bonchev–Trinajstić information content (AvgIpc) is 0.781. The van der Waals surface area contributed by atoms with Gasteiger partial charge in [-0.2, -0.15) is 0 Å². The molecule has 12 N–H and O–H groups in total. The SMILES string of the molecule is CC/C=C\C/C=C\C/C=C\C/C=C\C/C=C\C/C=C\C/C=C\C/C=C\C/C=C\C/C=C\CCCCCCC(=O)NC(COC1OC(CO)C(OC2OC(CO)C(OC3OC(CO)C(O)C(O)C3O)C(O)C2O)C(O)C1O)C(O)/C=C/CC/C=C/CCCCCCCCCCCCCCCCCCC. The molecule has 0 aromatic rings. The lowest BCUT2D eigenvalue weighted by Gasteiger charge is -2.48. The molecule has 1 amide bonds. The molecule has 3 aliphatic heterocycles. The third-order valence-electron chi connectivity index (χ3n) is 18.6. The van der Waals surface area contributed by atoms with Gasteiger partial charge < -0.3 is 89.9 Å². The molecule has 0 aliphatic carbocycles. The molecule has 0 aromatic carbocycles. The summed E-state index contributed by atoms with van der Waals surface area (Å²) < 4.78 is 34.4. The van der Waals surface area contributed by atoms with Gasteiger partial charge in [-0.25, -0.2) is 0 Å². The van der Waals surface area contributed by atoms with Gasteiger partial charge in [0, 0.05) is 6.42 Å². The van der Waals surface area contributed by atoms with Crippen LogP contribution in [-0.2, 0) is 33.2 Å². The molecule has 17 unspecified atom stereocenters. The highest BCUT2D eigenvalue weighted by atomic mass is 16.8. The molecule has 3 heterocycles. The number of unbranched alkanes of at least 4 members (excludes halogenated alkanes) is 22. The number of hydrogen-bond acceptors (Lipinski definition) is 18. The second kappa shape index (κ2) is 62.7. The maximum atomic E-state index is 13.5. The van der Waals surface area contributed by atoms with E-state index in [9.17, 15) is 61.0 Å². The minimum atomic E-state index is -1.99. The standard InChI is InChI=1S/C84H139NO18/c1-3-5-7-9-11-13-15-17-19-21-23-25-27-28-29-30-31-32-33-34-35-36-37-38-40-42-44-46-48-50-52-54-56-58-60-62-72(90)85-67(68(89)61-59-57-55-53-51-49-47-45-43-41-39-26-24-22-20-18-16-14-12-10-8-6-4-2)66-98-82-78(96)75(93)80(70(64-87)100-82)103-84-79(97)76(94)81(71(65-88)101-84)102-83-77(95)74(92)73(91)69(63-86)99-83/h5,7,11,13,17,19,23,25,28-29,31-32,34-35,37-38,42,44,48,50-51,53,59,61,67-71,73-84,86-89,91-97H,3-4,6,8-10,12,14-16,18,20-22,24,26-27,30,33,36,39-41,43,45-47,49,52,54-58,60,62-66H2,1-2H3,(H,85,90)/b7-5-,13-11-,19-17-,25-23-,29-28-,32-31-,35-34-,38-37-,44-42-,50-48-,53-51+,61-59+. The highest BCUT2D eigenvalue weighted by Gasteiger charge is 2.53. The number of carbonyl (C=O) groups is 1. The quantitative estimate of drug-likeness (QED) is 0.0199. The first-order valence-electron chi connectivity index (χ1n) is 39.6. The zero-order valence-corrected chi connectivity index (χ0v) is 62.7. The van der Waals surface area contributed by atoms with Crippen LogP contribution < -0.4 is 5.32 Å². The number of aliphatic hydroxyl groups excluding tert-OH is 11. The molecule has 19 heteroatoms. The van der Waals surface area contributed by atoms with Crippen LogP contribution in [0.2, 0.25) is 0 Å². The Kier molecular flexibility index (Phi) is 56.5. The molecule has 588 valence electrons. The Bertz CT molecular complexity index is 2430. The van der Waals surface area contributed by atoms with E-state index in [0.29, 0.717) is 12.8 Å². The van der Waals surface area contributed by atoms with Gasteiger partial charge in [-0.05, 0) is 109 Å². The first-order chi connectivity index (χ1) is 50.3. The minimum absolute atomic E-state index is 0.196. The summed E-state index contributed by atoms with van der Waals surface area (Å²) in [6, 6.07) is -1.02. The number of rotatable bonds is 60. The lowest BCUT2D eigenvalue weighted by molar-refractivity contribution is -0.379. The molecule has 3 saturated heterocycles. The zero-order valence-electron chi connectivity index (χ0n) is 62.7. The smallest absolute Gasteiger partial charge is 0.220 e. The Morgan fingerprint density at radius 3 is 1.09 bits per heavy atom.